The molecule has 12 heteroatoms. The largest absolute Gasteiger partial charge is 0.444 e. The minimum Gasteiger partial charge on any atom is -0.444 e. The van der Waals surface area contributed by atoms with Crippen LogP contribution in [0.15, 0.2) is 78.5 Å². The van der Waals surface area contributed by atoms with E-state index in [0.29, 0.717) is 29.2 Å². The van der Waals surface area contributed by atoms with Crippen LogP contribution in [0.4, 0.5) is 18.0 Å². The van der Waals surface area contributed by atoms with Crippen molar-refractivity contribution < 1.29 is 27.5 Å². The molecule has 2 aliphatic rings. The Morgan fingerprint density at radius 2 is 1.87 bits per heavy atom. The molecule has 2 aromatic carbocycles. The molecule has 2 aliphatic carbocycles. The number of ether oxygens (including phenoxy) is 1. The molecule has 0 saturated heterocycles. The number of rotatable bonds is 10. The highest BCUT2D eigenvalue weighted by atomic mass is 19.4. The van der Waals surface area contributed by atoms with E-state index in [9.17, 15) is 28.0 Å². The maximum atomic E-state index is 13.8. The molecule has 3 N–H and O–H groups in total. The number of benzene rings is 2. The van der Waals surface area contributed by atoms with Crippen LogP contribution in [0.5, 0.6) is 0 Å². The van der Waals surface area contributed by atoms with E-state index in [1.165, 1.54) is 6.07 Å². The Morgan fingerprint density at radius 1 is 1.11 bits per heavy atom. The van der Waals surface area contributed by atoms with E-state index in [0.717, 1.165) is 35.7 Å². The van der Waals surface area contributed by atoms with Crippen molar-refractivity contribution in [3.05, 3.63) is 107 Å². The first-order valence-electron chi connectivity index (χ1n) is 15.5. The molecule has 2 amide bonds. The molecular weight excluding hydrogens is 609 g/mol. The number of carbonyl (C=O) groups is 2. The van der Waals surface area contributed by atoms with Gasteiger partial charge in [0.1, 0.15) is 11.3 Å². The molecule has 0 aliphatic heterocycles. The maximum absolute atomic E-state index is 13.8. The van der Waals surface area contributed by atoms with Crippen molar-refractivity contribution in [3.63, 3.8) is 0 Å². The molecular formula is C35H37F3N6O3. The Hall–Kier alpha value is -4.89. The molecule has 1 saturated carbocycles. The standard InChI is InChI=1S/C35H37F3N6O3/c1-34(2,3)47-33(46)41-21-24-8-5-12-28(16-24)44-29(18-30(43-44)35(36,37)38)32(45)42-27-11-6-10-26(17-27)31(40-20-22-13-14-22)25-9-4-7-23(15-25)19-39/h4-9,11-12,15-18,22,26,31,40H,10,13-14,20-21H2,1-3H3,(H,41,46)(H,42,45). The number of alkyl halides is 3. The second kappa shape index (κ2) is 13.8. The molecule has 1 aromatic heterocycles. The van der Waals surface area contributed by atoms with E-state index in [1.54, 1.807) is 51.1 Å². The van der Waals surface area contributed by atoms with E-state index in [4.69, 9.17) is 4.74 Å². The van der Waals surface area contributed by atoms with Crippen LogP contribution in [0.2, 0.25) is 0 Å². The predicted molar refractivity (Wildman–Crippen MR) is 169 cm³/mol. The minimum atomic E-state index is -4.79. The van der Waals surface area contributed by atoms with E-state index in [-0.39, 0.29) is 29.9 Å². The first-order valence-corrected chi connectivity index (χ1v) is 15.5. The molecule has 1 heterocycles. The molecule has 2 atom stereocenters. The van der Waals surface area contributed by atoms with E-state index in [1.807, 2.05) is 30.4 Å². The lowest BCUT2D eigenvalue weighted by Crippen LogP contribution is -2.32. The molecule has 47 heavy (non-hydrogen) atoms. The highest BCUT2D eigenvalue weighted by Crippen LogP contribution is 2.34. The number of carbonyl (C=O) groups excluding carboxylic acids is 2. The van der Waals surface area contributed by atoms with Gasteiger partial charge in [-0.2, -0.15) is 23.5 Å². The first-order chi connectivity index (χ1) is 22.3. The van der Waals surface area contributed by atoms with Crippen LogP contribution in [-0.2, 0) is 17.5 Å². The zero-order chi connectivity index (χ0) is 33.8. The van der Waals surface area contributed by atoms with Crippen LogP contribution in [0.1, 0.15) is 78.9 Å². The van der Waals surface area contributed by atoms with Crippen molar-refractivity contribution in [2.24, 2.45) is 11.8 Å². The Balaban J connectivity index is 1.38. The van der Waals surface area contributed by atoms with Gasteiger partial charge in [0.25, 0.3) is 5.91 Å². The fourth-order valence-electron chi connectivity index (χ4n) is 5.32. The van der Waals surface area contributed by atoms with E-state index < -0.39 is 29.5 Å². The highest BCUT2D eigenvalue weighted by molar-refractivity contribution is 5.94. The van der Waals surface area contributed by atoms with Crippen LogP contribution in [-0.4, -0.2) is 33.9 Å². The zero-order valence-corrected chi connectivity index (χ0v) is 26.4. The smallest absolute Gasteiger partial charge is 0.435 e. The van der Waals surface area contributed by atoms with Crippen LogP contribution in [0.25, 0.3) is 5.69 Å². The molecule has 3 aromatic rings. The summed E-state index contributed by atoms with van der Waals surface area (Å²) in [6.07, 6.45) is 3.11. The molecule has 0 radical (unpaired) electrons. The SMILES string of the molecule is CC(C)(C)OC(=O)NCc1cccc(-n2nc(C(F)(F)F)cc2C(=O)NC2=CC(C(NCC3CC3)c3cccc(C#N)c3)CC=C2)c1. The number of nitriles is 1. The summed E-state index contributed by atoms with van der Waals surface area (Å²) in [5.74, 6) is -0.253. The van der Waals surface area contributed by atoms with Gasteiger partial charge < -0.3 is 20.7 Å². The Labute approximate surface area is 271 Å². The summed E-state index contributed by atoms with van der Waals surface area (Å²) in [4.78, 5) is 25.7. The lowest BCUT2D eigenvalue weighted by Gasteiger charge is -2.28. The normalized spacial score (nSPS) is 17.0. The van der Waals surface area contributed by atoms with Crippen LogP contribution >= 0.6 is 0 Å². The number of hydrogen-bond acceptors (Lipinski definition) is 6. The van der Waals surface area contributed by atoms with Gasteiger partial charge in [0.2, 0.25) is 0 Å². The maximum Gasteiger partial charge on any atom is 0.435 e. The quantitative estimate of drug-likeness (QED) is 0.225. The third-order valence-corrected chi connectivity index (χ3v) is 7.71. The van der Waals surface area contributed by atoms with Crippen molar-refractivity contribution >= 4 is 12.0 Å². The third kappa shape index (κ3) is 9.10. The lowest BCUT2D eigenvalue weighted by molar-refractivity contribution is -0.141. The fraction of sp³-hybridized carbons (Fsp3) is 0.371. The Kier molecular flexibility index (Phi) is 9.86. The van der Waals surface area contributed by atoms with Crippen LogP contribution in [0, 0.1) is 23.2 Å². The summed E-state index contributed by atoms with van der Waals surface area (Å²) in [6.45, 7) is 6.06. The Morgan fingerprint density at radius 3 is 2.57 bits per heavy atom. The monoisotopic (exact) mass is 646 g/mol. The summed E-state index contributed by atoms with van der Waals surface area (Å²) < 4.78 is 47.6. The number of allylic oxidation sites excluding steroid dienone is 2. The third-order valence-electron chi connectivity index (χ3n) is 7.71. The summed E-state index contributed by atoms with van der Waals surface area (Å²) in [5.41, 5.74) is 0.485. The number of aromatic nitrogens is 2. The predicted octanol–water partition coefficient (Wildman–Crippen LogP) is 6.72. The van der Waals surface area contributed by atoms with E-state index in [2.05, 4.69) is 27.1 Å². The van der Waals surface area contributed by atoms with Gasteiger partial charge in [0.05, 0.1) is 17.3 Å². The number of alkyl carbamates (subject to hydrolysis) is 1. The van der Waals surface area contributed by atoms with Crippen molar-refractivity contribution in [3.8, 4) is 11.8 Å². The van der Waals surface area contributed by atoms with Gasteiger partial charge in [-0.25, -0.2) is 9.48 Å². The average Bonchev–Trinajstić information content (AvgIpc) is 3.73. The van der Waals surface area contributed by atoms with Crippen LogP contribution < -0.4 is 16.0 Å². The Bertz CT molecular complexity index is 1730. The molecule has 0 spiro atoms. The molecule has 1 fully saturated rings. The van der Waals surface area contributed by atoms with Crippen LogP contribution in [0.3, 0.4) is 0 Å². The summed E-state index contributed by atoms with van der Waals surface area (Å²) >= 11 is 0. The average molecular weight is 647 g/mol. The zero-order valence-electron chi connectivity index (χ0n) is 26.4. The minimum absolute atomic E-state index is 0.0456. The van der Waals surface area contributed by atoms with Gasteiger partial charge in [-0.1, -0.05) is 36.4 Å². The second-order valence-corrected chi connectivity index (χ2v) is 12.8. The van der Waals surface area contributed by atoms with Gasteiger partial charge in [0.15, 0.2) is 5.69 Å². The van der Waals surface area contributed by atoms with Crippen molar-refractivity contribution in [2.75, 3.05) is 6.54 Å². The topological polar surface area (TPSA) is 121 Å². The molecule has 246 valence electrons. The number of nitrogens with zero attached hydrogens (tertiary/aromatic N) is 3. The molecule has 9 nitrogen and oxygen atoms in total. The second-order valence-electron chi connectivity index (χ2n) is 12.8. The van der Waals surface area contributed by atoms with Crippen molar-refractivity contribution in [1.29, 1.82) is 5.26 Å². The first kappa shape index (κ1) is 33.5. The molecule has 0 bridgehead atoms. The number of amides is 2. The van der Waals surface area contributed by atoms with Gasteiger partial charge in [-0.3, -0.25) is 4.79 Å². The van der Waals surface area contributed by atoms with Gasteiger partial charge in [-0.05, 0) is 94.0 Å². The number of halogens is 3. The summed E-state index contributed by atoms with van der Waals surface area (Å²) in [5, 5.41) is 22.2. The van der Waals surface area contributed by atoms with Gasteiger partial charge >= 0.3 is 12.3 Å². The molecule has 2 unspecified atom stereocenters. The summed E-state index contributed by atoms with van der Waals surface area (Å²) in [6, 6.07) is 16.5. The van der Waals surface area contributed by atoms with Crippen molar-refractivity contribution in [1.82, 2.24) is 25.7 Å². The number of hydrogen-bond donors (Lipinski definition) is 3. The van der Waals surface area contributed by atoms with Crippen molar-refractivity contribution in [2.45, 2.75) is 64.4 Å². The number of nitrogens with one attached hydrogen (secondary N) is 3. The van der Waals surface area contributed by atoms with Gasteiger partial charge in [0, 0.05) is 30.3 Å². The molecule has 5 rings (SSSR count). The highest BCUT2D eigenvalue weighted by Gasteiger charge is 2.36. The fourth-order valence-corrected chi connectivity index (χ4v) is 5.32. The van der Waals surface area contributed by atoms with Gasteiger partial charge in [-0.15, -0.1) is 0 Å². The summed E-state index contributed by atoms with van der Waals surface area (Å²) in [7, 11) is 0. The van der Waals surface area contributed by atoms with E-state index >= 15 is 0 Å². The lowest BCUT2D eigenvalue weighted by atomic mass is 9.86.